The largest absolute Gasteiger partial charge is 0.433 e. The van der Waals surface area contributed by atoms with Gasteiger partial charge in [-0.25, -0.2) is 4.98 Å². The van der Waals surface area contributed by atoms with E-state index in [9.17, 15) is 10.1 Å². The molecule has 0 aliphatic rings. The molecule has 0 saturated carbocycles. The van der Waals surface area contributed by atoms with Crippen LogP contribution in [0.1, 0.15) is 17.1 Å². The van der Waals surface area contributed by atoms with Crippen molar-refractivity contribution in [1.82, 2.24) is 19.6 Å². The quantitative estimate of drug-likeness (QED) is 0.414. The number of fused-ring (bicyclic) bond motifs is 1. The maximum absolute atomic E-state index is 10.5. The SMILES string of the molecule is Cc1cc(C)n2c(S/C=C/c3ccc([N+](=O)[O-])o3)nnc2n1. The molecule has 0 aromatic carbocycles. The predicted molar refractivity (Wildman–Crippen MR) is 80.5 cm³/mol. The van der Waals surface area contributed by atoms with Gasteiger partial charge >= 0.3 is 5.88 Å². The first-order valence-electron chi connectivity index (χ1n) is 6.31. The molecule has 0 fully saturated rings. The van der Waals surface area contributed by atoms with E-state index in [0.29, 0.717) is 16.7 Å². The van der Waals surface area contributed by atoms with E-state index in [4.69, 9.17) is 4.42 Å². The molecule has 0 amide bonds. The molecule has 3 aromatic heterocycles. The topological polar surface area (TPSA) is 99.4 Å². The zero-order chi connectivity index (χ0) is 15.7. The van der Waals surface area contributed by atoms with Crippen LogP contribution in [0.4, 0.5) is 5.88 Å². The molecule has 0 unspecified atom stereocenters. The Hall–Kier alpha value is -2.68. The minimum absolute atomic E-state index is 0.284. The summed E-state index contributed by atoms with van der Waals surface area (Å²) in [6.07, 6.45) is 1.63. The maximum Gasteiger partial charge on any atom is 0.433 e. The minimum Gasteiger partial charge on any atom is -0.401 e. The normalized spacial score (nSPS) is 11.5. The lowest BCUT2D eigenvalue weighted by Crippen LogP contribution is -1.97. The molecule has 0 spiro atoms. The maximum atomic E-state index is 10.5. The summed E-state index contributed by atoms with van der Waals surface area (Å²) in [5, 5.41) is 21.1. The van der Waals surface area contributed by atoms with Crippen LogP contribution < -0.4 is 0 Å². The first-order valence-corrected chi connectivity index (χ1v) is 7.19. The van der Waals surface area contributed by atoms with Crippen LogP contribution in [0.25, 0.3) is 11.9 Å². The fourth-order valence-corrected chi connectivity index (χ4v) is 2.71. The van der Waals surface area contributed by atoms with Gasteiger partial charge in [-0.3, -0.25) is 14.5 Å². The van der Waals surface area contributed by atoms with Crippen LogP contribution in [0, 0.1) is 24.0 Å². The highest BCUT2D eigenvalue weighted by Crippen LogP contribution is 2.22. The van der Waals surface area contributed by atoms with Crippen molar-refractivity contribution in [3.8, 4) is 0 Å². The molecule has 112 valence electrons. The Morgan fingerprint density at radius 1 is 1.36 bits per heavy atom. The van der Waals surface area contributed by atoms with Crippen molar-refractivity contribution < 1.29 is 9.34 Å². The molecule has 3 aromatic rings. The van der Waals surface area contributed by atoms with Crippen LogP contribution >= 0.6 is 11.8 Å². The van der Waals surface area contributed by atoms with E-state index in [1.807, 2.05) is 24.3 Å². The molecule has 0 radical (unpaired) electrons. The number of hydrogen-bond donors (Lipinski definition) is 0. The third-order valence-electron chi connectivity index (χ3n) is 2.86. The molecule has 0 bridgehead atoms. The molecule has 0 aliphatic carbocycles. The second-order valence-electron chi connectivity index (χ2n) is 4.51. The van der Waals surface area contributed by atoms with Crippen molar-refractivity contribution in [3.05, 3.63) is 50.9 Å². The van der Waals surface area contributed by atoms with E-state index in [2.05, 4.69) is 15.2 Å². The zero-order valence-electron chi connectivity index (χ0n) is 11.8. The number of hydrogen-bond acceptors (Lipinski definition) is 7. The van der Waals surface area contributed by atoms with Crippen LogP contribution in [0.2, 0.25) is 0 Å². The van der Waals surface area contributed by atoms with Crippen molar-refractivity contribution in [3.63, 3.8) is 0 Å². The molecule has 0 atom stereocenters. The second-order valence-corrected chi connectivity index (χ2v) is 5.38. The van der Waals surface area contributed by atoms with E-state index in [1.54, 1.807) is 11.5 Å². The number of thioether (sulfide) groups is 1. The van der Waals surface area contributed by atoms with Gasteiger partial charge in [0.05, 0.1) is 6.07 Å². The lowest BCUT2D eigenvalue weighted by atomic mass is 10.3. The summed E-state index contributed by atoms with van der Waals surface area (Å²) in [5.41, 5.74) is 1.87. The summed E-state index contributed by atoms with van der Waals surface area (Å²) < 4.78 is 6.88. The summed E-state index contributed by atoms with van der Waals surface area (Å²) in [4.78, 5) is 14.3. The summed E-state index contributed by atoms with van der Waals surface area (Å²) in [6.45, 7) is 3.85. The van der Waals surface area contributed by atoms with E-state index in [-0.39, 0.29) is 5.88 Å². The highest BCUT2D eigenvalue weighted by molar-refractivity contribution is 8.02. The molecule has 0 saturated heterocycles. The van der Waals surface area contributed by atoms with Crippen LogP contribution in [-0.2, 0) is 0 Å². The summed E-state index contributed by atoms with van der Waals surface area (Å²) >= 11 is 1.33. The summed E-state index contributed by atoms with van der Waals surface area (Å²) in [7, 11) is 0. The van der Waals surface area contributed by atoms with Gasteiger partial charge < -0.3 is 4.42 Å². The number of nitro groups is 1. The van der Waals surface area contributed by atoms with Gasteiger partial charge in [0.25, 0.3) is 5.78 Å². The Morgan fingerprint density at radius 3 is 2.91 bits per heavy atom. The third kappa shape index (κ3) is 2.70. The zero-order valence-corrected chi connectivity index (χ0v) is 12.6. The van der Waals surface area contributed by atoms with Gasteiger partial charge in [0.1, 0.15) is 10.7 Å². The van der Waals surface area contributed by atoms with Gasteiger partial charge in [0.15, 0.2) is 0 Å². The van der Waals surface area contributed by atoms with Gasteiger partial charge in [-0.05, 0) is 37.5 Å². The van der Waals surface area contributed by atoms with Crippen LogP contribution in [0.3, 0.4) is 0 Å². The molecule has 22 heavy (non-hydrogen) atoms. The predicted octanol–water partition coefficient (Wildman–Crippen LogP) is 3.01. The number of rotatable bonds is 4. The van der Waals surface area contributed by atoms with Gasteiger partial charge in [-0.1, -0.05) is 11.8 Å². The lowest BCUT2D eigenvalue weighted by molar-refractivity contribution is -0.402. The first-order chi connectivity index (χ1) is 10.5. The van der Waals surface area contributed by atoms with Gasteiger partial charge in [-0.15, -0.1) is 10.2 Å². The standard InChI is InChI=1S/C13H11N5O3S/c1-8-7-9(2)17-12(14-8)15-16-13(17)22-6-5-10-3-4-11(21-10)18(19)20/h3-7H,1-2H3/b6-5+. The van der Waals surface area contributed by atoms with Crippen molar-refractivity contribution >= 4 is 29.5 Å². The Bertz CT molecular complexity index is 883. The second kappa shape index (κ2) is 5.60. The van der Waals surface area contributed by atoms with Gasteiger partial charge in [0.2, 0.25) is 5.16 Å². The van der Waals surface area contributed by atoms with Gasteiger partial charge in [0, 0.05) is 11.4 Å². The van der Waals surface area contributed by atoms with E-state index in [0.717, 1.165) is 11.4 Å². The monoisotopic (exact) mass is 317 g/mol. The molecular weight excluding hydrogens is 306 g/mol. The van der Waals surface area contributed by atoms with Crippen molar-refractivity contribution in [2.45, 2.75) is 19.0 Å². The van der Waals surface area contributed by atoms with Crippen LogP contribution in [-0.4, -0.2) is 24.5 Å². The Kier molecular flexibility index (Phi) is 3.63. The molecule has 9 heteroatoms. The fourth-order valence-electron chi connectivity index (χ4n) is 1.97. The average Bonchev–Trinajstić information content (AvgIpc) is 3.06. The summed E-state index contributed by atoms with van der Waals surface area (Å²) in [6, 6.07) is 4.79. The first kappa shape index (κ1) is 14.3. The number of furan rings is 1. The minimum atomic E-state index is -0.576. The molecule has 0 aliphatic heterocycles. The Labute approximate surface area is 129 Å². The Morgan fingerprint density at radius 2 is 2.18 bits per heavy atom. The van der Waals surface area contributed by atoms with Crippen molar-refractivity contribution in [1.29, 1.82) is 0 Å². The fraction of sp³-hybridized carbons (Fsp3) is 0.154. The molecule has 0 N–H and O–H groups in total. The van der Waals surface area contributed by atoms with E-state index >= 15 is 0 Å². The van der Waals surface area contributed by atoms with E-state index < -0.39 is 4.92 Å². The smallest absolute Gasteiger partial charge is 0.401 e. The molecule has 3 rings (SSSR count). The van der Waals surface area contributed by atoms with Crippen LogP contribution in [0.5, 0.6) is 0 Å². The number of aromatic nitrogens is 4. The van der Waals surface area contributed by atoms with Gasteiger partial charge in [-0.2, -0.15) is 0 Å². The lowest BCUT2D eigenvalue weighted by Gasteiger charge is -2.01. The molecule has 8 nitrogen and oxygen atoms in total. The highest BCUT2D eigenvalue weighted by atomic mass is 32.2. The molecule has 3 heterocycles. The number of aryl methyl sites for hydroxylation is 2. The molecular formula is C13H11N5O3S. The Balaban J connectivity index is 1.81. The highest BCUT2D eigenvalue weighted by Gasteiger charge is 2.11. The van der Waals surface area contributed by atoms with E-state index in [1.165, 1.54) is 23.9 Å². The average molecular weight is 317 g/mol. The van der Waals surface area contributed by atoms with Crippen molar-refractivity contribution in [2.24, 2.45) is 0 Å². The number of nitrogens with zero attached hydrogens (tertiary/aromatic N) is 5. The third-order valence-corrected chi connectivity index (χ3v) is 3.61. The van der Waals surface area contributed by atoms with Crippen LogP contribution in [0.15, 0.2) is 33.2 Å². The van der Waals surface area contributed by atoms with Crippen molar-refractivity contribution in [2.75, 3.05) is 0 Å². The summed E-state index contributed by atoms with van der Waals surface area (Å²) in [5.74, 6) is 0.661.